The first-order chi connectivity index (χ1) is 10.4. The molecule has 22 heavy (non-hydrogen) atoms. The van der Waals surface area contributed by atoms with Crippen molar-refractivity contribution >= 4 is 5.97 Å². The number of carboxylic acids is 1. The first-order valence-corrected chi connectivity index (χ1v) is 8.46. The smallest absolute Gasteiger partial charge is 0.339 e. The van der Waals surface area contributed by atoms with E-state index < -0.39 is 5.97 Å². The van der Waals surface area contributed by atoms with Gasteiger partial charge in [0.2, 0.25) is 0 Å². The Hall–Kier alpha value is -1.51. The summed E-state index contributed by atoms with van der Waals surface area (Å²) in [7, 11) is 0. The lowest BCUT2D eigenvalue weighted by molar-refractivity contribution is 0.0692. The zero-order chi connectivity index (χ0) is 16.5. The van der Waals surface area contributed by atoms with Crippen molar-refractivity contribution in [2.45, 2.75) is 65.7 Å². The predicted octanol–water partition coefficient (Wildman–Crippen LogP) is 5.27. The number of carbonyl (C=O) groups is 1. The summed E-state index contributed by atoms with van der Waals surface area (Å²) in [6, 6.07) is 4.95. The number of benzene rings is 1. The number of unbranched alkanes of at least 4 members (excludes halogenated alkanes) is 1. The minimum absolute atomic E-state index is 0.0625. The van der Waals surface area contributed by atoms with Gasteiger partial charge in [-0.15, -0.1) is 0 Å². The van der Waals surface area contributed by atoms with Crippen LogP contribution in [-0.4, -0.2) is 16.2 Å². The lowest BCUT2D eigenvalue weighted by atomic mass is 9.94. The van der Waals surface area contributed by atoms with E-state index in [0.29, 0.717) is 0 Å². The highest BCUT2D eigenvalue weighted by Gasteiger charge is 2.14. The molecule has 0 unspecified atom stereocenters. The molecule has 0 aliphatic carbocycles. The van der Waals surface area contributed by atoms with Crippen molar-refractivity contribution in [2.75, 3.05) is 0 Å². The molecule has 0 bridgehead atoms. The van der Waals surface area contributed by atoms with Crippen LogP contribution in [0.5, 0.6) is 5.75 Å². The van der Waals surface area contributed by atoms with Crippen LogP contribution in [0.15, 0.2) is 18.2 Å². The van der Waals surface area contributed by atoms with Crippen molar-refractivity contribution in [1.82, 2.24) is 0 Å². The minimum Gasteiger partial charge on any atom is -0.507 e. The van der Waals surface area contributed by atoms with Gasteiger partial charge in [0, 0.05) is 0 Å². The number of aromatic carboxylic acids is 1. The first kappa shape index (κ1) is 18.5. The monoisotopic (exact) mass is 306 g/mol. The van der Waals surface area contributed by atoms with Crippen LogP contribution < -0.4 is 0 Å². The van der Waals surface area contributed by atoms with Crippen molar-refractivity contribution in [3.05, 3.63) is 29.3 Å². The van der Waals surface area contributed by atoms with Gasteiger partial charge in [-0.05, 0) is 36.3 Å². The summed E-state index contributed by atoms with van der Waals surface area (Å²) >= 11 is 0. The van der Waals surface area contributed by atoms with Gasteiger partial charge < -0.3 is 10.2 Å². The summed E-state index contributed by atoms with van der Waals surface area (Å²) in [6.07, 6.45) is 7.87. The standard InChI is InChI=1S/C19H30O3/c1-14(2)8-6-10-15(3)9-4-5-11-16-12-7-13-17(20)18(16)19(21)22/h7,12-15,20H,4-6,8-11H2,1-3H3,(H,21,22)/t15-/m0/s1. The molecule has 0 aromatic heterocycles. The molecule has 3 heteroatoms. The van der Waals surface area contributed by atoms with Gasteiger partial charge in [-0.25, -0.2) is 4.79 Å². The number of aryl methyl sites for hydroxylation is 1. The molecule has 0 aliphatic rings. The number of carboxylic acid groups (broad SMARTS) is 1. The molecule has 0 spiro atoms. The van der Waals surface area contributed by atoms with Crippen LogP contribution in [0.3, 0.4) is 0 Å². The van der Waals surface area contributed by atoms with Gasteiger partial charge in [-0.3, -0.25) is 0 Å². The Morgan fingerprint density at radius 1 is 1.05 bits per heavy atom. The van der Waals surface area contributed by atoms with E-state index in [9.17, 15) is 15.0 Å². The van der Waals surface area contributed by atoms with Crippen molar-refractivity contribution in [3.8, 4) is 5.75 Å². The summed E-state index contributed by atoms with van der Waals surface area (Å²) in [4.78, 5) is 11.2. The van der Waals surface area contributed by atoms with E-state index in [1.165, 1.54) is 31.7 Å². The molecule has 0 saturated heterocycles. The third-order valence-electron chi connectivity index (χ3n) is 4.21. The molecular weight excluding hydrogens is 276 g/mol. The number of hydrogen-bond acceptors (Lipinski definition) is 2. The number of aromatic hydroxyl groups is 1. The van der Waals surface area contributed by atoms with E-state index in [2.05, 4.69) is 20.8 Å². The van der Waals surface area contributed by atoms with Gasteiger partial charge in [0.15, 0.2) is 0 Å². The van der Waals surface area contributed by atoms with E-state index in [1.807, 2.05) is 0 Å². The summed E-state index contributed by atoms with van der Waals surface area (Å²) in [5, 5.41) is 18.8. The van der Waals surface area contributed by atoms with E-state index in [0.717, 1.165) is 36.7 Å². The summed E-state index contributed by atoms with van der Waals surface area (Å²) in [5.41, 5.74) is 0.799. The minimum atomic E-state index is -1.05. The van der Waals surface area contributed by atoms with Crippen LogP contribution in [0, 0.1) is 11.8 Å². The van der Waals surface area contributed by atoms with Crippen molar-refractivity contribution in [2.24, 2.45) is 11.8 Å². The fourth-order valence-corrected chi connectivity index (χ4v) is 2.87. The Bertz CT molecular complexity index is 466. The van der Waals surface area contributed by atoms with Crippen molar-refractivity contribution in [3.63, 3.8) is 0 Å². The zero-order valence-corrected chi connectivity index (χ0v) is 14.1. The maximum Gasteiger partial charge on any atom is 0.339 e. The molecule has 0 aliphatic heterocycles. The first-order valence-electron chi connectivity index (χ1n) is 8.46. The van der Waals surface area contributed by atoms with Crippen LogP contribution >= 0.6 is 0 Å². The lowest BCUT2D eigenvalue weighted by Crippen LogP contribution is -2.03. The normalized spacial score (nSPS) is 12.5. The molecular formula is C19H30O3. The molecule has 3 nitrogen and oxygen atoms in total. The Balaban J connectivity index is 2.33. The Labute approximate surface area is 134 Å². The number of rotatable bonds is 10. The summed E-state index contributed by atoms with van der Waals surface area (Å²) in [5.74, 6) is 0.344. The predicted molar refractivity (Wildman–Crippen MR) is 90.5 cm³/mol. The Morgan fingerprint density at radius 3 is 2.36 bits per heavy atom. The molecule has 0 fully saturated rings. The average Bonchev–Trinajstić information content (AvgIpc) is 2.42. The molecule has 1 aromatic carbocycles. The van der Waals surface area contributed by atoms with Crippen molar-refractivity contribution < 1.29 is 15.0 Å². The van der Waals surface area contributed by atoms with Crippen LogP contribution in [0.1, 0.15) is 75.2 Å². The van der Waals surface area contributed by atoms with Gasteiger partial charge in [0.1, 0.15) is 11.3 Å². The summed E-state index contributed by atoms with van der Waals surface area (Å²) < 4.78 is 0. The molecule has 0 amide bonds. The van der Waals surface area contributed by atoms with Gasteiger partial charge in [-0.1, -0.05) is 65.0 Å². The topological polar surface area (TPSA) is 57.5 Å². The highest BCUT2D eigenvalue weighted by atomic mass is 16.4. The fourth-order valence-electron chi connectivity index (χ4n) is 2.87. The number of hydrogen-bond donors (Lipinski definition) is 2. The molecule has 124 valence electrons. The average molecular weight is 306 g/mol. The van der Waals surface area contributed by atoms with E-state index >= 15 is 0 Å². The van der Waals surface area contributed by atoms with E-state index in [-0.39, 0.29) is 11.3 Å². The highest BCUT2D eigenvalue weighted by Crippen LogP contribution is 2.24. The summed E-state index contributed by atoms with van der Waals surface area (Å²) in [6.45, 7) is 6.83. The van der Waals surface area contributed by atoms with E-state index in [4.69, 9.17) is 0 Å². The van der Waals surface area contributed by atoms with E-state index in [1.54, 1.807) is 12.1 Å². The molecule has 0 saturated carbocycles. The maximum absolute atomic E-state index is 11.2. The van der Waals surface area contributed by atoms with Gasteiger partial charge in [0.05, 0.1) is 0 Å². The molecule has 0 heterocycles. The largest absolute Gasteiger partial charge is 0.507 e. The molecule has 1 atom stereocenters. The lowest BCUT2D eigenvalue weighted by Gasteiger charge is -2.12. The third-order valence-corrected chi connectivity index (χ3v) is 4.21. The maximum atomic E-state index is 11.2. The third kappa shape index (κ3) is 6.50. The van der Waals surface area contributed by atoms with Crippen LogP contribution in [0.25, 0.3) is 0 Å². The second kappa shape index (κ2) is 9.50. The second-order valence-electron chi connectivity index (χ2n) is 6.79. The van der Waals surface area contributed by atoms with Crippen LogP contribution in [0.4, 0.5) is 0 Å². The molecule has 1 rings (SSSR count). The molecule has 2 N–H and O–H groups in total. The van der Waals surface area contributed by atoms with Crippen LogP contribution in [-0.2, 0) is 6.42 Å². The van der Waals surface area contributed by atoms with Gasteiger partial charge in [0.25, 0.3) is 0 Å². The highest BCUT2D eigenvalue weighted by molar-refractivity contribution is 5.92. The van der Waals surface area contributed by atoms with Gasteiger partial charge >= 0.3 is 5.97 Å². The zero-order valence-electron chi connectivity index (χ0n) is 14.1. The van der Waals surface area contributed by atoms with Crippen LogP contribution in [0.2, 0.25) is 0 Å². The number of phenols is 1. The Morgan fingerprint density at radius 2 is 1.73 bits per heavy atom. The van der Waals surface area contributed by atoms with Gasteiger partial charge in [-0.2, -0.15) is 0 Å². The Kier molecular flexibility index (Phi) is 8.00. The quantitative estimate of drug-likeness (QED) is 0.579. The second-order valence-corrected chi connectivity index (χ2v) is 6.79. The molecule has 0 radical (unpaired) electrons. The SMILES string of the molecule is CC(C)CCC[C@@H](C)CCCCc1cccc(O)c1C(=O)O. The van der Waals surface area contributed by atoms with Crippen molar-refractivity contribution in [1.29, 1.82) is 0 Å². The fraction of sp³-hybridized carbons (Fsp3) is 0.632. The molecule has 1 aromatic rings.